The zero-order chi connectivity index (χ0) is 15.5. The summed E-state index contributed by atoms with van der Waals surface area (Å²) in [6, 6.07) is 7.83. The maximum atomic E-state index is 12.6. The van der Waals surface area contributed by atoms with Crippen molar-refractivity contribution in [2.45, 2.75) is 13.0 Å². The van der Waals surface area contributed by atoms with E-state index in [2.05, 4.69) is 39.3 Å². The first-order valence-corrected chi connectivity index (χ1v) is 7.82. The van der Waals surface area contributed by atoms with E-state index in [9.17, 15) is 4.79 Å². The molecule has 2 N–H and O–H groups in total. The van der Waals surface area contributed by atoms with Crippen molar-refractivity contribution in [2.24, 2.45) is 0 Å². The largest absolute Gasteiger partial charge is 0.345 e. The Hall–Kier alpha value is -1.92. The van der Waals surface area contributed by atoms with Gasteiger partial charge in [0.1, 0.15) is 0 Å². The fourth-order valence-corrected chi connectivity index (χ4v) is 3.01. The van der Waals surface area contributed by atoms with Gasteiger partial charge in [0.05, 0.1) is 11.6 Å². The molecule has 2 heterocycles. The van der Waals surface area contributed by atoms with Crippen LogP contribution >= 0.6 is 0 Å². The van der Waals surface area contributed by atoms with Gasteiger partial charge in [-0.1, -0.05) is 25.1 Å². The molecule has 0 aliphatic carbocycles. The lowest BCUT2D eigenvalue weighted by Crippen LogP contribution is -2.46. The number of benzene rings is 1. The average Bonchev–Trinajstić information content (AvgIpc) is 2.86. The molecule has 0 radical (unpaired) electrons. The molecule has 6 heteroatoms. The first-order chi connectivity index (χ1) is 10.7. The van der Waals surface area contributed by atoms with Gasteiger partial charge in [-0.05, 0) is 19.7 Å². The monoisotopic (exact) mass is 301 g/mol. The number of hydrogen-bond acceptors (Lipinski definition) is 4. The maximum Gasteiger partial charge on any atom is 0.272 e. The van der Waals surface area contributed by atoms with Gasteiger partial charge in [-0.3, -0.25) is 9.89 Å². The van der Waals surface area contributed by atoms with Gasteiger partial charge in [0.15, 0.2) is 5.69 Å². The van der Waals surface area contributed by atoms with Crippen LogP contribution in [0.3, 0.4) is 0 Å². The number of aromatic amines is 1. The highest BCUT2D eigenvalue weighted by Crippen LogP contribution is 2.15. The van der Waals surface area contributed by atoms with Gasteiger partial charge in [0.25, 0.3) is 5.91 Å². The molecule has 0 spiro atoms. The van der Waals surface area contributed by atoms with E-state index in [-0.39, 0.29) is 11.9 Å². The van der Waals surface area contributed by atoms with E-state index in [0.717, 1.165) is 43.6 Å². The summed E-state index contributed by atoms with van der Waals surface area (Å²) in [6.07, 6.45) is 0. The summed E-state index contributed by atoms with van der Waals surface area (Å²) < 4.78 is 0. The Morgan fingerprint density at radius 2 is 2.18 bits per heavy atom. The van der Waals surface area contributed by atoms with Crippen molar-refractivity contribution in [3.63, 3.8) is 0 Å². The third kappa shape index (κ3) is 3.13. The lowest BCUT2D eigenvalue weighted by Gasteiger charge is -2.23. The van der Waals surface area contributed by atoms with E-state index < -0.39 is 0 Å². The molecule has 1 saturated heterocycles. The number of aromatic nitrogens is 2. The topological polar surface area (TPSA) is 64.3 Å². The second-order valence-electron chi connectivity index (χ2n) is 5.94. The van der Waals surface area contributed by atoms with Crippen LogP contribution in [-0.2, 0) is 0 Å². The number of amides is 1. The quantitative estimate of drug-likeness (QED) is 0.885. The molecule has 1 fully saturated rings. The van der Waals surface area contributed by atoms with Crippen molar-refractivity contribution < 1.29 is 4.79 Å². The van der Waals surface area contributed by atoms with Crippen molar-refractivity contribution in [3.8, 4) is 0 Å². The molecule has 1 atom stereocenters. The standard InChI is InChI=1S/C16H23N5O/c1-3-21-9-8-20(2)10-12(11-21)17-16(22)15-13-6-4-5-7-14(13)18-19-15/h4-7,12H,3,8-11H2,1-2H3,(H,17,22)(H,18,19)/t12-/m1/s1. The molecule has 1 aliphatic heterocycles. The van der Waals surface area contributed by atoms with E-state index in [1.54, 1.807) is 0 Å². The Morgan fingerprint density at radius 1 is 1.36 bits per heavy atom. The van der Waals surface area contributed by atoms with Crippen LogP contribution in [-0.4, -0.2) is 71.7 Å². The minimum Gasteiger partial charge on any atom is -0.345 e. The first kappa shape index (κ1) is 15.0. The maximum absolute atomic E-state index is 12.6. The zero-order valence-corrected chi connectivity index (χ0v) is 13.2. The summed E-state index contributed by atoms with van der Waals surface area (Å²) in [7, 11) is 2.10. The second-order valence-corrected chi connectivity index (χ2v) is 5.94. The van der Waals surface area contributed by atoms with Gasteiger partial charge >= 0.3 is 0 Å². The minimum atomic E-state index is -0.103. The highest BCUT2D eigenvalue weighted by molar-refractivity contribution is 6.04. The van der Waals surface area contributed by atoms with Crippen LogP contribution in [0, 0.1) is 0 Å². The normalized spacial score (nSPS) is 20.9. The molecule has 22 heavy (non-hydrogen) atoms. The average molecular weight is 301 g/mol. The summed E-state index contributed by atoms with van der Waals surface area (Å²) in [5.74, 6) is -0.103. The molecule has 0 bridgehead atoms. The van der Waals surface area contributed by atoms with E-state index in [1.807, 2.05) is 24.3 Å². The third-order valence-electron chi connectivity index (χ3n) is 4.28. The number of nitrogens with zero attached hydrogens (tertiary/aromatic N) is 3. The predicted octanol–water partition coefficient (Wildman–Crippen LogP) is 0.929. The van der Waals surface area contributed by atoms with E-state index in [1.165, 1.54) is 0 Å². The van der Waals surface area contributed by atoms with Gasteiger partial charge in [-0.2, -0.15) is 5.10 Å². The predicted molar refractivity (Wildman–Crippen MR) is 87.0 cm³/mol. The lowest BCUT2D eigenvalue weighted by molar-refractivity contribution is 0.0921. The van der Waals surface area contributed by atoms with Gasteiger partial charge in [-0.15, -0.1) is 0 Å². The smallest absolute Gasteiger partial charge is 0.272 e. The summed E-state index contributed by atoms with van der Waals surface area (Å²) in [6.45, 7) is 6.99. The van der Waals surface area contributed by atoms with Crippen LogP contribution in [0.1, 0.15) is 17.4 Å². The number of H-pyrrole nitrogens is 1. The number of carbonyl (C=O) groups excluding carboxylic acids is 1. The summed E-state index contributed by atoms with van der Waals surface area (Å²) in [4.78, 5) is 17.2. The van der Waals surface area contributed by atoms with Crippen molar-refractivity contribution in [3.05, 3.63) is 30.0 Å². The molecule has 3 rings (SSSR count). The molecule has 0 saturated carbocycles. The van der Waals surface area contributed by atoms with Crippen LogP contribution in [0.5, 0.6) is 0 Å². The highest BCUT2D eigenvalue weighted by Gasteiger charge is 2.23. The van der Waals surface area contributed by atoms with Gasteiger partial charge in [0, 0.05) is 31.6 Å². The summed E-state index contributed by atoms with van der Waals surface area (Å²) in [5.41, 5.74) is 1.37. The number of nitrogens with one attached hydrogen (secondary N) is 2. The Labute approximate surface area is 130 Å². The minimum absolute atomic E-state index is 0.103. The molecular formula is C16H23N5O. The van der Waals surface area contributed by atoms with Crippen LogP contribution in [0.25, 0.3) is 10.9 Å². The molecule has 1 aromatic carbocycles. The molecule has 2 aromatic rings. The van der Waals surface area contributed by atoms with Crippen LogP contribution in [0.15, 0.2) is 24.3 Å². The van der Waals surface area contributed by atoms with Crippen LogP contribution in [0.2, 0.25) is 0 Å². The zero-order valence-electron chi connectivity index (χ0n) is 13.2. The molecule has 1 aromatic heterocycles. The van der Waals surface area contributed by atoms with Crippen molar-refractivity contribution in [2.75, 3.05) is 39.8 Å². The molecule has 6 nitrogen and oxygen atoms in total. The number of para-hydroxylation sites is 1. The summed E-state index contributed by atoms with van der Waals surface area (Å²) >= 11 is 0. The number of hydrogen-bond donors (Lipinski definition) is 2. The Kier molecular flexibility index (Phi) is 4.40. The van der Waals surface area contributed by atoms with Crippen molar-refractivity contribution >= 4 is 16.8 Å². The molecule has 118 valence electrons. The summed E-state index contributed by atoms with van der Waals surface area (Å²) in [5, 5.41) is 11.1. The fourth-order valence-electron chi connectivity index (χ4n) is 3.01. The van der Waals surface area contributed by atoms with Gasteiger partial charge < -0.3 is 15.1 Å². The van der Waals surface area contributed by atoms with E-state index >= 15 is 0 Å². The Balaban J connectivity index is 1.75. The van der Waals surface area contributed by atoms with E-state index in [0.29, 0.717) is 5.69 Å². The molecule has 1 aliphatic rings. The van der Waals surface area contributed by atoms with Crippen molar-refractivity contribution in [1.29, 1.82) is 0 Å². The number of rotatable bonds is 3. The van der Waals surface area contributed by atoms with Crippen molar-refractivity contribution in [1.82, 2.24) is 25.3 Å². The highest BCUT2D eigenvalue weighted by atomic mass is 16.2. The van der Waals surface area contributed by atoms with Gasteiger partial charge in [0.2, 0.25) is 0 Å². The SMILES string of the molecule is CCN1CCN(C)C[C@@H](NC(=O)c2n[nH]c3ccccc23)C1. The fraction of sp³-hybridized carbons (Fsp3) is 0.500. The number of carbonyl (C=O) groups is 1. The first-order valence-electron chi connectivity index (χ1n) is 7.82. The van der Waals surface area contributed by atoms with Gasteiger partial charge in [-0.25, -0.2) is 0 Å². The number of fused-ring (bicyclic) bond motifs is 1. The molecular weight excluding hydrogens is 278 g/mol. The second kappa shape index (κ2) is 6.46. The molecule has 0 unspecified atom stereocenters. The Morgan fingerprint density at radius 3 is 3.00 bits per heavy atom. The van der Waals surface area contributed by atoms with E-state index in [4.69, 9.17) is 0 Å². The van der Waals surface area contributed by atoms with Crippen LogP contribution in [0.4, 0.5) is 0 Å². The van der Waals surface area contributed by atoms with Crippen LogP contribution < -0.4 is 5.32 Å². The third-order valence-corrected chi connectivity index (χ3v) is 4.28. The lowest BCUT2D eigenvalue weighted by atomic mass is 10.2. The Bertz CT molecular complexity index is 653. The molecule has 1 amide bonds. The number of likely N-dealkylation sites (N-methyl/N-ethyl adjacent to an activating group) is 2.